The molecule has 2 rings (SSSR count). The molecule has 0 aromatic rings. The van der Waals surface area contributed by atoms with Crippen LogP contribution in [0.3, 0.4) is 0 Å². The van der Waals surface area contributed by atoms with Crippen molar-refractivity contribution < 1.29 is 13.2 Å². The first kappa shape index (κ1) is 14.2. The molecular formula is C14H24F3N. The molecule has 0 saturated heterocycles. The van der Waals surface area contributed by atoms with Crippen LogP contribution in [0.1, 0.15) is 57.8 Å². The van der Waals surface area contributed by atoms with Crippen molar-refractivity contribution in [2.24, 2.45) is 23.5 Å². The third-order valence-electron chi connectivity index (χ3n) is 4.95. The van der Waals surface area contributed by atoms with E-state index in [9.17, 15) is 13.2 Å². The van der Waals surface area contributed by atoms with E-state index in [2.05, 4.69) is 0 Å². The molecule has 0 spiro atoms. The molecule has 1 nitrogen and oxygen atoms in total. The molecule has 0 bridgehead atoms. The molecule has 4 heteroatoms. The van der Waals surface area contributed by atoms with Crippen LogP contribution in [0.4, 0.5) is 13.2 Å². The summed E-state index contributed by atoms with van der Waals surface area (Å²) < 4.78 is 36.6. The first-order valence-electron chi connectivity index (χ1n) is 7.28. The van der Waals surface area contributed by atoms with E-state index in [0.29, 0.717) is 5.92 Å². The predicted octanol–water partition coefficient (Wildman–Crippen LogP) is 4.26. The smallest absolute Gasteiger partial charge is 0.327 e. The van der Waals surface area contributed by atoms with E-state index in [1.54, 1.807) is 0 Å². The van der Waals surface area contributed by atoms with E-state index in [0.717, 1.165) is 24.7 Å². The fraction of sp³-hybridized carbons (Fsp3) is 1.00. The lowest BCUT2D eigenvalue weighted by Gasteiger charge is -2.41. The monoisotopic (exact) mass is 263 g/mol. The highest BCUT2D eigenvalue weighted by Crippen LogP contribution is 2.43. The van der Waals surface area contributed by atoms with Gasteiger partial charge in [-0.3, -0.25) is 0 Å². The first-order chi connectivity index (χ1) is 8.46. The van der Waals surface area contributed by atoms with E-state index >= 15 is 0 Å². The molecule has 2 aliphatic rings. The summed E-state index contributed by atoms with van der Waals surface area (Å²) >= 11 is 0. The van der Waals surface area contributed by atoms with Gasteiger partial charge in [0.05, 0.1) is 0 Å². The number of rotatable bonds is 3. The molecule has 0 radical (unpaired) electrons. The number of hydrogen-bond acceptors (Lipinski definition) is 1. The number of alkyl halides is 3. The van der Waals surface area contributed by atoms with E-state index in [4.69, 9.17) is 5.73 Å². The number of fused-ring (bicyclic) bond motifs is 1. The van der Waals surface area contributed by atoms with Gasteiger partial charge in [0.15, 0.2) is 0 Å². The Labute approximate surface area is 107 Å². The Bertz CT molecular complexity index is 264. The number of halogens is 3. The van der Waals surface area contributed by atoms with Gasteiger partial charge in [0.1, 0.15) is 0 Å². The SMILES string of the molecule is NC(CCC(F)(F)F)C1CCC2CCCCC2C1. The lowest BCUT2D eigenvalue weighted by molar-refractivity contribution is -0.137. The normalized spacial score (nSPS) is 35.0. The number of hydrogen-bond donors (Lipinski definition) is 1. The molecule has 2 aliphatic carbocycles. The maximum atomic E-state index is 12.2. The minimum Gasteiger partial charge on any atom is -0.327 e. The minimum atomic E-state index is -4.06. The summed E-state index contributed by atoms with van der Waals surface area (Å²) in [5.41, 5.74) is 5.98. The fourth-order valence-corrected chi connectivity index (χ4v) is 3.86. The van der Waals surface area contributed by atoms with Gasteiger partial charge in [0, 0.05) is 12.5 Å². The van der Waals surface area contributed by atoms with Crippen LogP contribution in [0.2, 0.25) is 0 Å². The van der Waals surface area contributed by atoms with Crippen LogP contribution < -0.4 is 5.73 Å². The zero-order valence-electron chi connectivity index (χ0n) is 10.9. The summed E-state index contributed by atoms with van der Waals surface area (Å²) in [5, 5.41) is 0. The van der Waals surface area contributed by atoms with E-state index in [-0.39, 0.29) is 12.5 Å². The number of nitrogens with two attached hydrogens (primary N) is 1. The van der Waals surface area contributed by atoms with Crippen molar-refractivity contribution in [1.82, 2.24) is 0 Å². The molecule has 0 aromatic carbocycles. The second-order valence-corrected chi connectivity index (χ2v) is 6.20. The molecular weight excluding hydrogens is 239 g/mol. The predicted molar refractivity (Wildman–Crippen MR) is 66.1 cm³/mol. The van der Waals surface area contributed by atoms with E-state index in [1.807, 2.05) is 0 Å². The van der Waals surface area contributed by atoms with Crippen molar-refractivity contribution in [1.29, 1.82) is 0 Å². The topological polar surface area (TPSA) is 26.0 Å². The highest BCUT2D eigenvalue weighted by molar-refractivity contribution is 4.87. The van der Waals surface area contributed by atoms with Crippen LogP contribution in [-0.4, -0.2) is 12.2 Å². The Hall–Kier alpha value is -0.250. The Balaban J connectivity index is 1.79. The van der Waals surface area contributed by atoms with Gasteiger partial charge in [-0.25, -0.2) is 0 Å². The highest BCUT2D eigenvalue weighted by atomic mass is 19.4. The van der Waals surface area contributed by atoms with Gasteiger partial charge in [-0.15, -0.1) is 0 Å². The van der Waals surface area contributed by atoms with Gasteiger partial charge in [0.25, 0.3) is 0 Å². The van der Waals surface area contributed by atoms with E-state index in [1.165, 1.54) is 32.1 Å². The molecule has 18 heavy (non-hydrogen) atoms. The van der Waals surface area contributed by atoms with Crippen molar-refractivity contribution in [2.45, 2.75) is 70.0 Å². The minimum absolute atomic E-state index is 0.103. The second kappa shape index (κ2) is 5.81. The standard InChI is InChI=1S/C14H24F3N/c15-14(16,17)8-7-13(18)12-6-5-10-3-1-2-4-11(10)9-12/h10-13H,1-9,18H2. The van der Waals surface area contributed by atoms with Crippen molar-refractivity contribution >= 4 is 0 Å². The maximum absolute atomic E-state index is 12.2. The van der Waals surface area contributed by atoms with Crippen LogP contribution in [0.25, 0.3) is 0 Å². The lowest BCUT2D eigenvalue weighted by atomic mass is 9.66. The van der Waals surface area contributed by atoms with Crippen molar-refractivity contribution in [3.05, 3.63) is 0 Å². The summed E-state index contributed by atoms with van der Waals surface area (Å²) in [6.45, 7) is 0. The molecule has 0 amide bonds. The second-order valence-electron chi connectivity index (χ2n) is 6.20. The summed E-state index contributed by atoms with van der Waals surface area (Å²) in [7, 11) is 0. The van der Waals surface area contributed by atoms with Crippen LogP contribution in [0, 0.1) is 17.8 Å². The molecule has 0 aliphatic heterocycles. The van der Waals surface area contributed by atoms with E-state index < -0.39 is 12.6 Å². The average molecular weight is 263 g/mol. The Morgan fingerprint density at radius 3 is 2.33 bits per heavy atom. The van der Waals surface area contributed by atoms with Crippen LogP contribution in [-0.2, 0) is 0 Å². The summed E-state index contributed by atoms with van der Waals surface area (Å²) in [4.78, 5) is 0. The van der Waals surface area contributed by atoms with Crippen molar-refractivity contribution in [2.75, 3.05) is 0 Å². The van der Waals surface area contributed by atoms with Gasteiger partial charge < -0.3 is 5.73 Å². The highest BCUT2D eigenvalue weighted by Gasteiger charge is 2.35. The summed E-state index contributed by atoms with van der Waals surface area (Å²) in [5.74, 6) is 1.91. The Kier molecular flexibility index (Phi) is 4.57. The molecule has 0 aromatic heterocycles. The molecule has 2 saturated carbocycles. The van der Waals surface area contributed by atoms with Gasteiger partial charge in [0.2, 0.25) is 0 Å². The quantitative estimate of drug-likeness (QED) is 0.808. The molecule has 4 unspecified atom stereocenters. The summed E-state index contributed by atoms with van der Waals surface area (Å²) in [6, 6.07) is -0.255. The van der Waals surface area contributed by atoms with Gasteiger partial charge >= 0.3 is 6.18 Å². The molecule has 106 valence electrons. The third kappa shape index (κ3) is 3.87. The van der Waals surface area contributed by atoms with Gasteiger partial charge in [-0.2, -0.15) is 13.2 Å². The zero-order valence-corrected chi connectivity index (χ0v) is 10.9. The Morgan fingerprint density at radius 1 is 1.00 bits per heavy atom. The van der Waals surface area contributed by atoms with Crippen LogP contribution in [0.15, 0.2) is 0 Å². The first-order valence-corrected chi connectivity index (χ1v) is 7.28. The zero-order chi connectivity index (χ0) is 13.2. The maximum Gasteiger partial charge on any atom is 0.389 e. The molecule has 4 atom stereocenters. The third-order valence-corrected chi connectivity index (χ3v) is 4.95. The molecule has 2 fully saturated rings. The van der Waals surface area contributed by atoms with Gasteiger partial charge in [-0.1, -0.05) is 25.7 Å². The van der Waals surface area contributed by atoms with Crippen molar-refractivity contribution in [3.63, 3.8) is 0 Å². The summed E-state index contributed by atoms with van der Waals surface area (Å²) in [6.07, 6.45) is 3.86. The van der Waals surface area contributed by atoms with Crippen LogP contribution in [0.5, 0.6) is 0 Å². The molecule has 0 heterocycles. The van der Waals surface area contributed by atoms with Crippen LogP contribution >= 0.6 is 0 Å². The van der Waals surface area contributed by atoms with Crippen molar-refractivity contribution in [3.8, 4) is 0 Å². The lowest BCUT2D eigenvalue weighted by Crippen LogP contribution is -2.38. The fourth-order valence-electron chi connectivity index (χ4n) is 3.86. The van der Waals surface area contributed by atoms with Gasteiger partial charge in [-0.05, 0) is 43.4 Å². The molecule has 2 N–H and O–H groups in total. The largest absolute Gasteiger partial charge is 0.389 e. The average Bonchev–Trinajstić information content (AvgIpc) is 2.34. The Morgan fingerprint density at radius 2 is 1.67 bits per heavy atom.